The first-order valence-corrected chi connectivity index (χ1v) is 9.08. The van der Waals surface area contributed by atoms with Crippen molar-refractivity contribution in [1.82, 2.24) is 5.32 Å². The molecule has 2 aromatic carbocycles. The summed E-state index contributed by atoms with van der Waals surface area (Å²) in [4.78, 5) is 12.5. The highest BCUT2D eigenvalue weighted by Crippen LogP contribution is 2.19. The summed E-state index contributed by atoms with van der Waals surface area (Å²) in [6.07, 6.45) is 1.68. The monoisotopic (exact) mass is 384 g/mol. The molecule has 2 aromatic rings. The van der Waals surface area contributed by atoms with Crippen molar-refractivity contribution in [3.05, 3.63) is 66.7 Å². The number of ether oxygens (including phenoxy) is 2. The minimum absolute atomic E-state index is 0.207. The lowest BCUT2D eigenvalue weighted by Gasteiger charge is -2.14. The molecule has 0 saturated heterocycles. The predicted octanol–water partition coefficient (Wildman–Crippen LogP) is 4.41. The normalized spacial score (nSPS) is 10.2. The molecule has 0 bridgehead atoms. The van der Waals surface area contributed by atoms with Gasteiger partial charge in [-0.3, -0.25) is 10.1 Å². The van der Waals surface area contributed by atoms with E-state index in [1.54, 1.807) is 24.3 Å². The Morgan fingerprint density at radius 3 is 2.52 bits per heavy atom. The Morgan fingerprint density at radius 2 is 1.85 bits per heavy atom. The lowest BCUT2D eigenvalue weighted by atomic mass is 10.2. The summed E-state index contributed by atoms with van der Waals surface area (Å²) in [6.45, 7) is 8.69. The third kappa shape index (κ3) is 6.75. The smallest absolute Gasteiger partial charge is 0.261 e. The van der Waals surface area contributed by atoms with Crippen LogP contribution in [0.3, 0.4) is 0 Å². The Hall–Kier alpha value is -2.86. The maximum atomic E-state index is 12.5. The van der Waals surface area contributed by atoms with Gasteiger partial charge in [-0.25, -0.2) is 0 Å². The highest BCUT2D eigenvalue weighted by atomic mass is 32.1. The van der Waals surface area contributed by atoms with Crippen molar-refractivity contribution < 1.29 is 14.3 Å². The maximum Gasteiger partial charge on any atom is 0.261 e. The van der Waals surface area contributed by atoms with Crippen LogP contribution in [0.2, 0.25) is 0 Å². The van der Waals surface area contributed by atoms with Gasteiger partial charge in [-0.2, -0.15) is 0 Å². The fraction of sp³-hybridized carbons (Fsp3) is 0.238. The molecule has 0 aliphatic rings. The van der Waals surface area contributed by atoms with Gasteiger partial charge in [-0.1, -0.05) is 38.6 Å². The fourth-order valence-corrected chi connectivity index (χ4v) is 2.37. The molecule has 0 heterocycles. The quantitative estimate of drug-likeness (QED) is 0.521. The number of nitrogens with one attached hydrogen (secondary N) is 2. The molecule has 5 nitrogen and oxygen atoms in total. The zero-order valence-electron chi connectivity index (χ0n) is 15.5. The van der Waals surface area contributed by atoms with Gasteiger partial charge in [-0.05, 0) is 54.5 Å². The zero-order valence-corrected chi connectivity index (χ0v) is 16.3. The van der Waals surface area contributed by atoms with Crippen LogP contribution in [0, 0.1) is 5.92 Å². The van der Waals surface area contributed by atoms with Crippen LogP contribution in [0.25, 0.3) is 0 Å². The Bertz CT molecular complexity index is 788. The van der Waals surface area contributed by atoms with Crippen LogP contribution < -0.4 is 20.1 Å². The van der Waals surface area contributed by atoms with Gasteiger partial charge >= 0.3 is 0 Å². The fourth-order valence-electron chi connectivity index (χ4n) is 2.16. The molecule has 2 rings (SSSR count). The van der Waals surface area contributed by atoms with E-state index in [2.05, 4.69) is 31.1 Å². The molecule has 27 heavy (non-hydrogen) atoms. The number of anilines is 1. The van der Waals surface area contributed by atoms with E-state index in [4.69, 9.17) is 21.7 Å². The second-order valence-corrected chi connectivity index (χ2v) is 6.64. The summed E-state index contributed by atoms with van der Waals surface area (Å²) in [5.41, 5.74) is 1.19. The van der Waals surface area contributed by atoms with E-state index in [1.165, 1.54) is 0 Å². The number of carbonyl (C=O) groups is 1. The first kappa shape index (κ1) is 20.5. The van der Waals surface area contributed by atoms with E-state index < -0.39 is 0 Å². The maximum absolute atomic E-state index is 12.5. The molecule has 0 saturated carbocycles. The van der Waals surface area contributed by atoms with Gasteiger partial charge in [0.05, 0.1) is 12.2 Å². The topological polar surface area (TPSA) is 59.6 Å². The number of para-hydroxylation sites is 1. The molecule has 0 unspecified atom stereocenters. The van der Waals surface area contributed by atoms with Crippen LogP contribution in [0.4, 0.5) is 5.69 Å². The van der Waals surface area contributed by atoms with Gasteiger partial charge in [0.1, 0.15) is 18.1 Å². The Labute approximate surface area is 165 Å². The van der Waals surface area contributed by atoms with E-state index >= 15 is 0 Å². The number of hydrogen-bond donors (Lipinski definition) is 2. The van der Waals surface area contributed by atoms with E-state index in [-0.39, 0.29) is 11.0 Å². The van der Waals surface area contributed by atoms with Gasteiger partial charge in [0.15, 0.2) is 5.11 Å². The average molecular weight is 385 g/mol. The largest absolute Gasteiger partial charge is 0.492 e. The molecule has 0 atom stereocenters. The lowest BCUT2D eigenvalue weighted by molar-refractivity contribution is 0.0973. The zero-order chi connectivity index (χ0) is 19.6. The van der Waals surface area contributed by atoms with Crippen LogP contribution in [-0.4, -0.2) is 24.2 Å². The predicted molar refractivity (Wildman–Crippen MR) is 113 cm³/mol. The molecule has 0 aliphatic heterocycles. The van der Waals surface area contributed by atoms with E-state index in [0.717, 1.165) is 11.4 Å². The number of benzene rings is 2. The van der Waals surface area contributed by atoms with Crippen LogP contribution in [-0.2, 0) is 0 Å². The molecule has 142 valence electrons. The summed E-state index contributed by atoms with van der Waals surface area (Å²) in [7, 11) is 0. The minimum atomic E-state index is -0.321. The molecule has 0 spiro atoms. The van der Waals surface area contributed by atoms with Gasteiger partial charge in [0, 0.05) is 5.69 Å². The molecule has 1 amide bonds. The van der Waals surface area contributed by atoms with Crippen molar-refractivity contribution in [2.24, 2.45) is 5.92 Å². The summed E-state index contributed by atoms with van der Waals surface area (Å²) in [5.74, 6) is 1.31. The second kappa shape index (κ2) is 10.3. The molecule has 0 aromatic heterocycles. The molecule has 0 radical (unpaired) electrons. The number of thiocarbonyl (C=S) groups is 1. The molecular formula is C21H24N2O3S. The second-order valence-electron chi connectivity index (χ2n) is 6.23. The van der Waals surface area contributed by atoms with Gasteiger partial charge < -0.3 is 14.8 Å². The van der Waals surface area contributed by atoms with Crippen molar-refractivity contribution in [3.8, 4) is 11.5 Å². The van der Waals surface area contributed by atoms with Crippen molar-refractivity contribution in [3.63, 3.8) is 0 Å². The van der Waals surface area contributed by atoms with Gasteiger partial charge in [0.25, 0.3) is 5.91 Å². The molecule has 6 heteroatoms. The number of rotatable bonds is 8. The SMILES string of the molecule is C=CCOc1ccc(NC(=S)NC(=O)c2ccccc2OCC(C)C)cc1. The minimum Gasteiger partial charge on any atom is -0.492 e. The molecule has 0 aliphatic carbocycles. The van der Waals surface area contributed by atoms with E-state index in [0.29, 0.717) is 30.4 Å². The standard InChI is InChI=1S/C21H24N2O3S/c1-4-13-25-17-11-9-16(10-12-17)22-21(27)23-20(24)18-7-5-6-8-19(18)26-14-15(2)3/h4-12,15H,1,13-14H2,2-3H3,(H2,22,23,24,27). The summed E-state index contributed by atoms with van der Waals surface area (Å²) >= 11 is 5.24. The third-order valence-electron chi connectivity index (χ3n) is 3.41. The first-order chi connectivity index (χ1) is 13.0. The van der Waals surface area contributed by atoms with Crippen molar-refractivity contribution in [2.45, 2.75) is 13.8 Å². The average Bonchev–Trinajstić information content (AvgIpc) is 2.66. The number of amides is 1. The van der Waals surface area contributed by atoms with Gasteiger partial charge in [-0.15, -0.1) is 0 Å². The Balaban J connectivity index is 1.95. The van der Waals surface area contributed by atoms with Crippen LogP contribution in [0.1, 0.15) is 24.2 Å². The lowest BCUT2D eigenvalue weighted by Crippen LogP contribution is -2.34. The first-order valence-electron chi connectivity index (χ1n) is 8.67. The summed E-state index contributed by atoms with van der Waals surface area (Å²) in [5, 5.41) is 5.86. The van der Waals surface area contributed by atoms with Crippen molar-refractivity contribution in [2.75, 3.05) is 18.5 Å². The van der Waals surface area contributed by atoms with Crippen molar-refractivity contribution in [1.29, 1.82) is 0 Å². The van der Waals surface area contributed by atoms with Crippen LogP contribution >= 0.6 is 12.2 Å². The summed E-state index contributed by atoms with van der Waals surface area (Å²) < 4.78 is 11.1. The highest BCUT2D eigenvalue weighted by Gasteiger charge is 2.14. The molecule has 0 fully saturated rings. The Morgan fingerprint density at radius 1 is 1.15 bits per heavy atom. The van der Waals surface area contributed by atoms with Crippen LogP contribution in [0.5, 0.6) is 11.5 Å². The highest BCUT2D eigenvalue weighted by molar-refractivity contribution is 7.80. The van der Waals surface area contributed by atoms with Crippen molar-refractivity contribution >= 4 is 28.9 Å². The van der Waals surface area contributed by atoms with Gasteiger partial charge in [0.2, 0.25) is 0 Å². The van der Waals surface area contributed by atoms with Crippen LogP contribution in [0.15, 0.2) is 61.2 Å². The van der Waals surface area contributed by atoms with E-state index in [9.17, 15) is 4.79 Å². The molecule has 2 N–H and O–H groups in total. The molecular weight excluding hydrogens is 360 g/mol. The number of carbonyl (C=O) groups excluding carboxylic acids is 1. The van der Waals surface area contributed by atoms with E-state index in [1.807, 2.05) is 30.3 Å². The summed E-state index contributed by atoms with van der Waals surface area (Å²) in [6, 6.07) is 14.4. The third-order valence-corrected chi connectivity index (χ3v) is 3.62. The Kier molecular flexibility index (Phi) is 7.82. The number of hydrogen-bond acceptors (Lipinski definition) is 4.